The number of piperidine rings is 1. The predicted molar refractivity (Wildman–Crippen MR) is 105 cm³/mol. The monoisotopic (exact) mass is 453 g/mol. The fourth-order valence-electron chi connectivity index (χ4n) is 4.15. The lowest BCUT2D eigenvalue weighted by atomic mass is 9.99. The highest BCUT2D eigenvalue weighted by Crippen LogP contribution is 2.41. The first-order chi connectivity index (χ1) is 14.8. The highest BCUT2D eigenvalue weighted by molar-refractivity contribution is 7.89. The summed E-state index contributed by atoms with van der Waals surface area (Å²) >= 11 is 0. The number of rotatable bonds is 3. The van der Waals surface area contributed by atoms with Gasteiger partial charge < -0.3 is 14.1 Å². The van der Waals surface area contributed by atoms with E-state index < -0.39 is 33.6 Å². The summed E-state index contributed by atoms with van der Waals surface area (Å²) in [4.78, 5) is 5.66. The number of benzene rings is 2. The fourth-order valence-corrected chi connectivity index (χ4v) is 5.89. The Morgan fingerprint density at radius 1 is 1.10 bits per heavy atom. The van der Waals surface area contributed by atoms with Crippen LogP contribution in [-0.4, -0.2) is 55.8 Å². The molecule has 2 atom stereocenters. The van der Waals surface area contributed by atoms with Crippen molar-refractivity contribution in [3.8, 4) is 0 Å². The largest absolute Gasteiger partial charge is 0.423 e. The van der Waals surface area contributed by atoms with Crippen molar-refractivity contribution >= 4 is 27.1 Å². The maximum atomic E-state index is 15.5. The number of halogens is 3. The molecule has 0 aliphatic carbocycles. The van der Waals surface area contributed by atoms with Crippen molar-refractivity contribution in [3.05, 3.63) is 54.1 Å². The summed E-state index contributed by atoms with van der Waals surface area (Å²) in [5.74, 6) is -2.13. The second-order valence-electron chi connectivity index (χ2n) is 7.48. The van der Waals surface area contributed by atoms with E-state index in [0.717, 1.165) is 16.4 Å². The molecule has 5 rings (SSSR count). The van der Waals surface area contributed by atoms with Gasteiger partial charge in [-0.15, -0.1) is 0 Å². The van der Waals surface area contributed by atoms with Gasteiger partial charge in [0.15, 0.2) is 29.1 Å². The molecule has 3 heterocycles. The first kappa shape index (κ1) is 20.3. The predicted octanol–water partition coefficient (Wildman–Crippen LogP) is 3.07. The normalized spacial score (nSPS) is 25.0. The van der Waals surface area contributed by atoms with E-state index in [9.17, 15) is 17.2 Å². The van der Waals surface area contributed by atoms with Crippen molar-refractivity contribution in [1.82, 2.24) is 9.29 Å². The lowest BCUT2D eigenvalue weighted by Crippen LogP contribution is -2.62. The average Bonchev–Trinajstić information content (AvgIpc) is 3.36. The molecule has 2 fully saturated rings. The Labute approximate surface area is 176 Å². The van der Waals surface area contributed by atoms with Gasteiger partial charge in [0.1, 0.15) is 5.52 Å². The van der Waals surface area contributed by atoms with Crippen LogP contribution in [-0.2, 0) is 14.8 Å². The third-order valence-electron chi connectivity index (χ3n) is 5.70. The minimum absolute atomic E-state index is 0.00737. The zero-order valence-electron chi connectivity index (χ0n) is 16.2. The number of hydrogen-bond donors (Lipinski definition) is 0. The van der Waals surface area contributed by atoms with Crippen LogP contribution in [0.5, 0.6) is 0 Å². The third-order valence-corrected chi connectivity index (χ3v) is 7.64. The molecule has 0 N–H and O–H groups in total. The molecule has 0 bridgehead atoms. The van der Waals surface area contributed by atoms with Crippen LogP contribution in [0, 0.1) is 11.6 Å². The molecule has 1 spiro atoms. The Bertz CT molecular complexity index is 1200. The van der Waals surface area contributed by atoms with Crippen LogP contribution in [0.3, 0.4) is 0 Å². The van der Waals surface area contributed by atoms with Gasteiger partial charge in [0.05, 0.1) is 18.0 Å². The molecule has 2 aliphatic rings. The summed E-state index contributed by atoms with van der Waals surface area (Å²) in [6, 6.07) is 9.62. The molecule has 7 nitrogen and oxygen atoms in total. The van der Waals surface area contributed by atoms with Crippen molar-refractivity contribution < 1.29 is 30.7 Å². The van der Waals surface area contributed by atoms with E-state index in [-0.39, 0.29) is 54.7 Å². The SMILES string of the molecule is O=S(=O)(c1ccccc1)N1CCOC12CCN(c1nc3cc(F)c(F)cc3o1)CC2F. The molecule has 1 aromatic heterocycles. The molecule has 0 radical (unpaired) electrons. The van der Waals surface area contributed by atoms with E-state index in [0.29, 0.717) is 0 Å². The van der Waals surface area contributed by atoms with Gasteiger partial charge in [-0.1, -0.05) is 18.2 Å². The van der Waals surface area contributed by atoms with E-state index in [1.165, 1.54) is 17.0 Å². The van der Waals surface area contributed by atoms with E-state index in [1.807, 2.05) is 0 Å². The lowest BCUT2D eigenvalue weighted by molar-refractivity contribution is -0.116. The number of fused-ring (bicyclic) bond motifs is 1. The molecule has 164 valence electrons. The molecule has 0 saturated carbocycles. The Morgan fingerprint density at radius 2 is 1.84 bits per heavy atom. The van der Waals surface area contributed by atoms with Crippen molar-refractivity contribution in [2.75, 3.05) is 31.1 Å². The van der Waals surface area contributed by atoms with Crippen LogP contribution >= 0.6 is 0 Å². The summed E-state index contributed by atoms with van der Waals surface area (Å²) in [5.41, 5.74) is -1.49. The number of ether oxygens (including phenoxy) is 1. The second kappa shape index (κ2) is 7.21. The molecule has 2 saturated heterocycles. The molecule has 2 unspecified atom stereocenters. The number of aromatic nitrogens is 1. The standard InChI is InChI=1S/C20H18F3N3O4S/c21-14-10-16-17(11-15(14)22)30-19(24-16)25-7-6-20(18(23)12-25)26(8-9-29-20)31(27,28)13-4-2-1-3-5-13/h1-5,10-11,18H,6-9,12H2. The van der Waals surface area contributed by atoms with Crippen LogP contribution in [0.2, 0.25) is 0 Å². The van der Waals surface area contributed by atoms with Crippen LogP contribution in [0.25, 0.3) is 11.1 Å². The van der Waals surface area contributed by atoms with Crippen molar-refractivity contribution in [2.45, 2.75) is 23.2 Å². The molecule has 31 heavy (non-hydrogen) atoms. The first-order valence-electron chi connectivity index (χ1n) is 9.68. The van der Waals surface area contributed by atoms with Crippen LogP contribution in [0.1, 0.15) is 6.42 Å². The topological polar surface area (TPSA) is 75.9 Å². The van der Waals surface area contributed by atoms with Crippen molar-refractivity contribution in [3.63, 3.8) is 0 Å². The van der Waals surface area contributed by atoms with Gasteiger partial charge in [0.2, 0.25) is 10.0 Å². The fraction of sp³-hybridized carbons (Fsp3) is 0.350. The summed E-state index contributed by atoms with van der Waals surface area (Å²) in [5, 5.41) is 0. The minimum Gasteiger partial charge on any atom is -0.423 e. The Balaban J connectivity index is 1.42. The summed E-state index contributed by atoms with van der Waals surface area (Å²) in [7, 11) is -3.96. The van der Waals surface area contributed by atoms with Gasteiger partial charge in [-0.3, -0.25) is 0 Å². The van der Waals surface area contributed by atoms with Gasteiger partial charge in [-0.25, -0.2) is 21.6 Å². The molecule has 2 aliphatic heterocycles. The quantitative estimate of drug-likeness (QED) is 0.607. The number of alkyl halides is 1. The number of oxazole rings is 1. The lowest BCUT2D eigenvalue weighted by Gasteiger charge is -2.44. The van der Waals surface area contributed by atoms with Gasteiger partial charge in [-0.2, -0.15) is 9.29 Å². The maximum absolute atomic E-state index is 15.5. The van der Waals surface area contributed by atoms with E-state index >= 15 is 4.39 Å². The second-order valence-corrected chi connectivity index (χ2v) is 9.34. The van der Waals surface area contributed by atoms with E-state index in [2.05, 4.69) is 4.98 Å². The van der Waals surface area contributed by atoms with Crippen LogP contribution < -0.4 is 4.90 Å². The van der Waals surface area contributed by atoms with Crippen LogP contribution in [0.15, 0.2) is 51.8 Å². The van der Waals surface area contributed by atoms with Crippen molar-refractivity contribution in [1.29, 1.82) is 0 Å². The minimum atomic E-state index is -3.96. The number of anilines is 1. The van der Waals surface area contributed by atoms with Gasteiger partial charge >= 0.3 is 0 Å². The number of nitrogens with zero attached hydrogens (tertiary/aromatic N) is 3. The number of sulfonamides is 1. The van der Waals surface area contributed by atoms with E-state index in [4.69, 9.17) is 9.15 Å². The highest BCUT2D eigenvalue weighted by Gasteiger charge is 2.57. The molecule has 3 aromatic rings. The van der Waals surface area contributed by atoms with Gasteiger partial charge in [0, 0.05) is 31.6 Å². The first-order valence-corrected chi connectivity index (χ1v) is 11.1. The molecular formula is C20H18F3N3O4S. The number of hydrogen-bond acceptors (Lipinski definition) is 6. The summed E-state index contributed by atoms with van der Waals surface area (Å²) in [6.45, 7) is 0.0463. The maximum Gasteiger partial charge on any atom is 0.298 e. The zero-order valence-corrected chi connectivity index (χ0v) is 17.0. The smallest absolute Gasteiger partial charge is 0.298 e. The zero-order chi connectivity index (χ0) is 21.8. The van der Waals surface area contributed by atoms with Crippen molar-refractivity contribution in [2.24, 2.45) is 0 Å². The Kier molecular flexibility index (Phi) is 4.72. The van der Waals surface area contributed by atoms with Gasteiger partial charge in [0.25, 0.3) is 6.01 Å². The highest BCUT2D eigenvalue weighted by atomic mass is 32.2. The van der Waals surface area contributed by atoms with Crippen LogP contribution in [0.4, 0.5) is 19.2 Å². The average molecular weight is 453 g/mol. The molecule has 2 aromatic carbocycles. The molecule has 0 amide bonds. The van der Waals surface area contributed by atoms with Gasteiger partial charge in [-0.05, 0) is 12.1 Å². The molecular weight excluding hydrogens is 435 g/mol. The Hall–Kier alpha value is -2.63. The summed E-state index contributed by atoms with van der Waals surface area (Å²) < 4.78 is 80.9. The Morgan fingerprint density at radius 3 is 2.58 bits per heavy atom. The summed E-state index contributed by atoms with van der Waals surface area (Å²) in [6.07, 6.45) is -1.67. The van der Waals surface area contributed by atoms with E-state index in [1.54, 1.807) is 18.2 Å². The molecule has 11 heteroatoms. The third kappa shape index (κ3) is 3.19.